The summed E-state index contributed by atoms with van der Waals surface area (Å²) in [6.07, 6.45) is 5.47. The maximum atomic E-state index is 13.4. The summed E-state index contributed by atoms with van der Waals surface area (Å²) < 4.78 is 49.1. The molecule has 0 heterocycles. The van der Waals surface area contributed by atoms with E-state index in [0.717, 1.165) is 23.6 Å². The van der Waals surface area contributed by atoms with Crippen molar-refractivity contribution in [1.29, 1.82) is 0 Å². The Hall–Kier alpha value is 0.680. The van der Waals surface area contributed by atoms with E-state index in [4.69, 9.17) is 9.47 Å². The fourth-order valence-corrected chi connectivity index (χ4v) is 12.2. The Morgan fingerprint density at radius 2 is 1.23 bits per heavy atom. The number of benzene rings is 2. The lowest BCUT2D eigenvalue weighted by atomic mass is 9.62. The second-order valence-corrected chi connectivity index (χ2v) is 15.3. The highest BCUT2D eigenvalue weighted by Gasteiger charge is 2.50. The van der Waals surface area contributed by atoms with Crippen molar-refractivity contribution in [3.05, 3.63) is 54.3 Å². The summed E-state index contributed by atoms with van der Waals surface area (Å²) in [6.45, 7) is 0. The zero-order valence-electron chi connectivity index (χ0n) is 17.3. The third-order valence-corrected chi connectivity index (χ3v) is 11.5. The summed E-state index contributed by atoms with van der Waals surface area (Å²) in [5, 5.41) is 0. The molecule has 2 aromatic carbocycles. The standard InChI is InChI=1S/C22H15I5O7S/c23-11-5-13(24)19(14(25)6-11)34-22(29)18-10-3-1-9(2-4-10)17(18)21(28)33-12-7-15(26)20(16(27)8-12)35(30,31)32/h1,3,5-10,17-18H,2,4H2,(H,30,31,32)/p-1. The van der Waals surface area contributed by atoms with Gasteiger partial charge in [0.2, 0.25) is 0 Å². The van der Waals surface area contributed by atoms with Gasteiger partial charge in [-0.05, 0) is 162 Å². The number of allylic oxidation sites excluding steroid dienone is 2. The highest BCUT2D eigenvalue weighted by Crippen LogP contribution is 2.46. The first-order valence-corrected chi connectivity index (χ1v) is 16.9. The summed E-state index contributed by atoms with van der Waals surface area (Å²) in [4.78, 5) is 26.4. The minimum absolute atomic E-state index is 0.121. The number of hydrogen-bond acceptors (Lipinski definition) is 7. The van der Waals surface area contributed by atoms with Gasteiger partial charge in [0, 0.05) is 10.7 Å². The maximum Gasteiger partial charge on any atom is 0.315 e. The molecule has 4 unspecified atom stereocenters. The number of hydrogen-bond donors (Lipinski definition) is 0. The van der Waals surface area contributed by atoms with Crippen molar-refractivity contribution in [3.63, 3.8) is 0 Å². The molecule has 1 fully saturated rings. The van der Waals surface area contributed by atoms with Gasteiger partial charge < -0.3 is 14.0 Å². The molecule has 3 aliphatic rings. The zero-order valence-corrected chi connectivity index (χ0v) is 28.9. The molecule has 3 aliphatic carbocycles. The van der Waals surface area contributed by atoms with Crippen LogP contribution in [0.3, 0.4) is 0 Å². The summed E-state index contributed by atoms with van der Waals surface area (Å²) in [5.41, 5.74) is 0. The summed E-state index contributed by atoms with van der Waals surface area (Å²) in [6, 6.07) is 6.51. The molecule has 0 aromatic heterocycles. The lowest BCUT2D eigenvalue weighted by Crippen LogP contribution is -2.47. The van der Waals surface area contributed by atoms with Gasteiger partial charge in [-0.25, -0.2) is 8.42 Å². The van der Waals surface area contributed by atoms with Crippen LogP contribution in [0.15, 0.2) is 41.3 Å². The van der Waals surface area contributed by atoms with Crippen LogP contribution in [-0.2, 0) is 19.7 Å². The number of carbonyl (C=O) groups excluding carboxylic acids is 2. The first-order valence-electron chi connectivity index (χ1n) is 10.1. The largest absolute Gasteiger partial charge is 0.744 e. The van der Waals surface area contributed by atoms with Gasteiger partial charge in [0.1, 0.15) is 15.9 Å². The van der Waals surface area contributed by atoms with Crippen molar-refractivity contribution < 1.29 is 32.0 Å². The first kappa shape index (κ1) is 28.7. The van der Waals surface area contributed by atoms with Crippen molar-refractivity contribution in [1.82, 2.24) is 0 Å². The van der Waals surface area contributed by atoms with Crippen LogP contribution in [0.5, 0.6) is 11.5 Å². The topological polar surface area (TPSA) is 110 Å². The van der Waals surface area contributed by atoms with E-state index in [1.807, 2.05) is 24.3 Å². The highest BCUT2D eigenvalue weighted by atomic mass is 127. The van der Waals surface area contributed by atoms with Crippen molar-refractivity contribution in [3.8, 4) is 11.5 Å². The van der Waals surface area contributed by atoms with Crippen LogP contribution in [0.25, 0.3) is 0 Å². The Balaban J connectivity index is 1.61. The van der Waals surface area contributed by atoms with Crippen LogP contribution in [0, 0.1) is 41.5 Å². The second-order valence-electron chi connectivity index (χ2n) is 8.05. The van der Waals surface area contributed by atoms with Gasteiger partial charge in [0.25, 0.3) is 0 Å². The first-order chi connectivity index (χ1) is 16.4. The van der Waals surface area contributed by atoms with Crippen molar-refractivity contribution in [2.24, 2.45) is 23.7 Å². The average Bonchev–Trinajstić information content (AvgIpc) is 2.74. The Kier molecular flexibility index (Phi) is 9.36. The van der Waals surface area contributed by atoms with E-state index in [9.17, 15) is 22.6 Å². The summed E-state index contributed by atoms with van der Waals surface area (Å²) >= 11 is 9.92. The summed E-state index contributed by atoms with van der Waals surface area (Å²) in [7, 11) is -4.67. The fraction of sp³-hybridized carbons (Fsp3) is 0.273. The highest BCUT2D eigenvalue weighted by molar-refractivity contribution is 14.1. The molecule has 186 valence electrons. The third kappa shape index (κ3) is 6.30. The Bertz CT molecular complexity index is 1310. The minimum Gasteiger partial charge on any atom is -0.744 e. The molecular formula is C22H14I5O7S-. The van der Waals surface area contributed by atoms with Crippen LogP contribution in [0.1, 0.15) is 12.8 Å². The van der Waals surface area contributed by atoms with Gasteiger partial charge in [0.05, 0.1) is 23.9 Å². The molecule has 7 nitrogen and oxygen atoms in total. The van der Waals surface area contributed by atoms with Crippen LogP contribution >= 0.6 is 113 Å². The molecule has 1 saturated carbocycles. The number of halogens is 5. The molecule has 0 spiro atoms. The molecule has 2 aromatic rings. The number of rotatable bonds is 5. The Morgan fingerprint density at radius 3 is 1.66 bits per heavy atom. The van der Waals surface area contributed by atoms with E-state index in [1.165, 1.54) is 12.1 Å². The van der Waals surface area contributed by atoms with Crippen LogP contribution in [-0.4, -0.2) is 24.9 Å². The van der Waals surface area contributed by atoms with Gasteiger partial charge in [-0.1, -0.05) is 12.2 Å². The number of ether oxygens (including phenoxy) is 2. The lowest BCUT2D eigenvalue weighted by molar-refractivity contribution is -0.156. The number of carbonyl (C=O) groups is 2. The van der Waals surface area contributed by atoms with Crippen LogP contribution < -0.4 is 9.47 Å². The molecule has 0 N–H and O–H groups in total. The second kappa shape index (κ2) is 11.4. The monoisotopic (exact) mass is 1060 g/mol. The molecule has 0 aliphatic heterocycles. The zero-order chi connectivity index (χ0) is 25.7. The van der Waals surface area contributed by atoms with Crippen molar-refractivity contribution in [2.45, 2.75) is 17.7 Å². The van der Waals surface area contributed by atoms with E-state index < -0.39 is 33.9 Å². The predicted molar refractivity (Wildman–Crippen MR) is 168 cm³/mol. The number of esters is 2. The third-order valence-electron chi connectivity index (χ3n) is 5.90. The molecule has 0 saturated heterocycles. The lowest BCUT2D eigenvalue weighted by Gasteiger charge is -2.42. The van der Waals surface area contributed by atoms with E-state index in [2.05, 4.69) is 67.8 Å². The van der Waals surface area contributed by atoms with E-state index in [1.54, 1.807) is 45.2 Å². The average molecular weight is 1060 g/mol. The van der Waals surface area contributed by atoms with Crippen molar-refractivity contribution >= 4 is 135 Å². The molecule has 0 radical (unpaired) electrons. The number of fused-ring (bicyclic) bond motifs is 2. The molecular weight excluding hydrogens is 1040 g/mol. The Labute approximate surface area is 270 Å². The van der Waals surface area contributed by atoms with Gasteiger partial charge in [-0.3, -0.25) is 9.59 Å². The molecule has 2 bridgehead atoms. The van der Waals surface area contributed by atoms with Gasteiger partial charge in [-0.15, -0.1) is 0 Å². The minimum atomic E-state index is -4.67. The quantitative estimate of drug-likeness (QED) is 0.120. The molecule has 13 heteroatoms. The molecule has 35 heavy (non-hydrogen) atoms. The predicted octanol–water partition coefficient (Wildman–Crippen LogP) is 5.95. The molecule has 0 amide bonds. The smallest absolute Gasteiger partial charge is 0.315 e. The van der Waals surface area contributed by atoms with Crippen molar-refractivity contribution in [2.75, 3.05) is 0 Å². The van der Waals surface area contributed by atoms with Crippen LogP contribution in [0.2, 0.25) is 0 Å². The van der Waals surface area contributed by atoms with E-state index in [0.29, 0.717) is 5.75 Å². The van der Waals surface area contributed by atoms with E-state index >= 15 is 0 Å². The van der Waals surface area contributed by atoms with Gasteiger partial charge in [0.15, 0.2) is 5.75 Å². The van der Waals surface area contributed by atoms with Gasteiger partial charge in [-0.2, -0.15) is 0 Å². The van der Waals surface area contributed by atoms with Crippen LogP contribution in [0.4, 0.5) is 0 Å². The normalized spacial score (nSPS) is 23.3. The molecule has 5 rings (SSSR count). The van der Waals surface area contributed by atoms with Gasteiger partial charge >= 0.3 is 11.9 Å². The van der Waals surface area contributed by atoms with E-state index in [-0.39, 0.29) is 29.6 Å². The summed E-state index contributed by atoms with van der Waals surface area (Å²) in [5.74, 6) is -2.19. The fourth-order valence-electron chi connectivity index (χ4n) is 4.45. The SMILES string of the molecule is O=C(Oc1cc(I)c(S(=O)(=O)[O-])c(I)c1)C1C2C=CC(CC2)C1C(=O)Oc1c(I)cc(I)cc1I. The molecule has 4 atom stereocenters. The maximum absolute atomic E-state index is 13.4. The Morgan fingerprint density at radius 1 is 0.771 bits per heavy atom.